The molecule has 164 valence electrons. The predicted molar refractivity (Wildman–Crippen MR) is 124 cm³/mol. The number of aromatic nitrogens is 5. The third-order valence-corrected chi connectivity index (χ3v) is 5.33. The number of ketones is 1. The lowest BCUT2D eigenvalue weighted by Crippen LogP contribution is -2.11. The van der Waals surface area contributed by atoms with Crippen LogP contribution < -0.4 is 0 Å². The van der Waals surface area contributed by atoms with Crippen LogP contribution in [0.25, 0.3) is 33.3 Å². The molecule has 8 heteroatoms. The van der Waals surface area contributed by atoms with Gasteiger partial charge in [-0.1, -0.05) is 41.6 Å². The quantitative estimate of drug-likeness (QED) is 0.292. The second-order valence-electron chi connectivity index (χ2n) is 7.59. The van der Waals surface area contributed by atoms with Crippen LogP contribution in [0.1, 0.15) is 15.9 Å². The van der Waals surface area contributed by atoms with Gasteiger partial charge in [0.25, 0.3) is 0 Å². The summed E-state index contributed by atoms with van der Waals surface area (Å²) >= 11 is 0. The maximum atomic E-state index is 12.2. The summed E-state index contributed by atoms with van der Waals surface area (Å²) in [5.41, 5.74) is 5.65. The normalized spacial score (nSPS) is 11.3. The standard InChI is InChI=1S/C25H21N5O3/c31-12-13-33-16-24(32)19-6-4-18(5-7-19)22-9-10-23-25(27-22)30(29-28-23)15-17-3-8-21-20(14-17)2-1-11-26-21/h1-11,14,31H,12-13,15-16H2. The number of fused-ring (bicyclic) bond motifs is 2. The van der Waals surface area contributed by atoms with Crippen LogP contribution in [0.5, 0.6) is 0 Å². The van der Waals surface area contributed by atoms with Gasteiger partial charge in [0.05, 0.1) is 31.0 Å². The van der Waals surface area contributed by atoms with E-state index in [9.17, 15) is 4.79 Å². The molecule has 0 aliphatic heterocycles. The van der Waals surface area contributed by atoms with E-state index in [0.717, 1.165) is 27.7 Å². The Morgan fingerprint density at radius 2 is 1.85 bits per heavy atom. The number of hydrogen-bond donors (Lipinski definition) is 1. The molecule has 5 aromatic rings. The number of pyridine rings is 2. The Morgan fingerprint density at radius 1 is 1.00 bits per heavy atom. The van der Waals surface area contributed by atoms with Gasteiger partial charge in [0.1, 0.15) is 12.1 Å². The molecule has 0 radical (unpaired) electrons. The smallest absolute Gasteiger partial charge is 0.188 e. The lowest BCUT2D eigenvalue weighted by molar-refractivity contribution is 0.0664. The third-order valence-electron chi connectivity index (χ3n) is 5.33. The molecule has 8 nitrogen and oxygen atoms in total. The molecule has 0 aliphatic carbocycles. The topological polar surface area (TPSA) is 103 Å². The van der Waals surface area contributed by atoms with Crippen LogP contribution in [0.3, 0.4) is 0 Å². The number of nitrogens with zero attached hydrogens (tertiary/aromatic N) is 5. The molecule has 3 aromatic heterocycles. The highest BCUT2D eigenvalue weighted by Crippen LogP contribution is 2.22. The zero-order valence-corrected chi connectivity index (χ0v) is 17.8. The molecule has 0 unspecified atom stereocenters. The monoisotopic (exact) mass is 439 g/mol. The van der Waals surface area contributed by atoms with Crippen LogP contribution >= 0.6 is 0 Å². The van der Waals surface area contributed by atoms with Crippen molar-refractivity contribution in [2.75, 3.05) is 19.8 Å². The van der Waals surface area contributed by atoms with Crippen molar-refractivity contribution in [3.05, 3.63) is 84.1 Å². The first-order valence-corrected chi connectivity index (χ1v) is 10.6. The minimum absolute atomic E-state index is 0.0557. The summed E-state index contributed by atoms with van der Waals surface area (Å²) in [6.07, 6.45) is 1.78. The van der Waals surface area contributed by atoms with Crippen molar-refractivity contribution in [2.24, 2.45) is 0 Å². The maximum Gasteiger partial charge on any atom is 0.188 e. The van der Waals surface area contributed by atoms with Crippen LogP contribution in [0.4, 0.5) is 0 Å². The molecule has 0 atom stereocenters. The first kappa shape index (κ1) is 20.9. The fourth-order valence-electron chi connectivity index (χ4n) is 3.66. The highest BCUT2D eigenvalue weighted by Gasteiger charge is 2.11. The van der Waals surface area contributed by atoms with Gasteiger partial charge in [-0.05, 0) is 35.9 Å². The van der Waals surface area contributed by atoms with Crippen LogP contribution in [0.2, 0.25) is 0 Å². The third kappa shape index (κ3) is 4.48. The zero-order valence-electron chi connectivity index (χ0n) is 17.8. The number of rotatable bonds is 8. The minimum Gasteiger partial charge on any atom is -0.394 e. The highest BCUT2D eigenvalue weighted by atomic mass is 16.5. The second-order valence-corrected chi connectivity index (χ2v) is 7.59. The van der Waals surface area contributed by atoms with E-state index in [1.165, 1.54) is 0 Å². The van der Waals surface area contributed by atoms with E-state index in [1.807, 2.05) is 48.5 Å². The van der Waals surface area contributed by atoms with Gasteiger partial charge < -0.3 is 9.84 Å². The summed E-state index contributed by atoms with van der Waals surface area (Å²) in [5.74, 6) is -0.133. The van der Waals surface area contributed by atoms with E-state index in [4.69, 9.17) is 14.8 Å². The molecule has 3 heterocycles. The Morgan fingerprint density at radius 3 is 2.70 bits per heavy atom. The number of aliphatic hydroxyl groups excluding tert-OH is 1. The summed E-state index contributed by atoms with van der Waals surface area (Å²) in [5, 5.41) is 18.4. The Kier molecular flexibility index (Phi) is 5.84. The molecule has 5 rings (SSSR count). The molecule has 0 aliphatic rings. The lowest BCUT2D eigenvalue weighted by Gasteiger charge is -2.06. The maximum absolute atomic E-state index is 12.2. The summed E-state index contributed by atoms with van der Waals surface area (Å²) < 4.78 is 6.89. The van der Waals surface area contributed by atoms with E-state index in [2.05, 4.69) is 21.4 Å². The number of ether oxygens (including phenoxy) is 1. The van der Waals surface area contributed by atoms with Gasteiger partial charge in [-0.2, -0.15) is 0 Å². The van der Waals surface area contributed by atoms with Gasteiger partial charge in [-0.15, -0.1) is 5.10 Å². The van der Waals surface area contributed by atoms with Gasteiger partial charge in [-0.25, -0.2) is 9.67 Å². The molecular weight excluding hydrogens is 418 g/mol. The SMILES string of the molecule is O=C(COCCO)c1ccc(-c2ccc3nnn(Cc4ccc5ncccc5c4)c3n2)cc1. The summed E-state index contributed by atoms with van der Waals surface area (Å²) in [7, 11) is 0. The average molecular weight is 439 g/mol. The summed E-state index contributed by atoms with van der Waals surface area (Å²) in [6.45, 7) is 0.522. The van der Waals surface area contributed by atoms with Crippen molar-refractivity contribution in [1.82, 2.24) is 25.0 Å². The first-order valence-electron chi connectivity index (χ1n) is 10.6. The number of hydrogen-bond acceptors (Lipinski definition) is 7. The summed E-state index contributed by atoms with van der Waals surface area (Å²) in [6, 6.07) is 21.1. The highest BCUT2D eigenvalue weighted by molar-refractivity contribution is 5.97. The predicted octanol–water partition coefficient (Wildman–Crippen LogP) is 3.28. The van der Waals surface area contributed by atoms with E-state index in [0.29, 0.717) is 23.3 Å². The van der Waals surface area contributed by atoms with Crippen LogP contribution in [0.15, 0.2) is 72.9 Å². The Labute approximate surface area is 189 Å². The van der Waals surface area contributed by atoms with Crippen molar-refractivity contribution in [1.29, 1.82) is 0 Å². The Hall–Kier alpha value is -4.01. The van der Waals surface area contributed by atoms with Crippen LogP contribution in [-0.2, 0) is 11.3 Å². The number of aliphatic hydroxyl groups is 1. The first-order chi connectivity index (χ1) is 16.2. The van der Waals surface area contributed by atoms with Crippen molar-refractivity contribution in [3.63, 3.8) is 0 Å². The summed E-state index contributed by atoms with van der Waals surface area (Å²) in [4.78, 5) is 21.3. The van der Waals surface area contributed by atoms with Crippen LogP contribution in [0, 0.1) is 0 Å². The molecule has 0 saturated carbocycles. The van der Waals surface area contributed by atoms with Gasteiger partial charge in [0, 0.05) is 22.7 Å². The van der Waals surface area contributed by atoms with E-state index < -0.39 is 0 Å². The van der Waals surface area contributed by atoms with Gasteiger partial charge >= 0.3 is 0 Å². The van der Waals surface area contributed by atoms with Crippen molar-refractivity contribution in [2.45, 2.75) is 6.54 Å². The van der Waals surface area contributed by atoms with E-state index >= 15 is 0 Å². The fourth-order valence-corrected chi connectivity index (χ4v) is 3.66. The molecule has 0 amide bonds. The van der Waals surface area contributed by atoms with E-state index in [-0.39, 0.29) is 25.6 Å². The Bertz CT molecular complexity index is 1430. The largest absolute Gasteiger partial charge is 0.394 e. The minimum atomic E-state index is -0.133. The molecule has 1 N–H and O–H groups in total. The van der Waals surface area contributed by atoms with Crippen LogP contribution in [-0.4, -0.2) is 55.7 Å². The fraction of sp³-hybridized carbons (Fsp3) is 0.160. The zero-order chi connectivity index (χ0) is 22.6. The number of benzene rings is 2. The average Bonchev–Trinajstić information content (AvgIpc) is 3.26. The van der Waals surface area contributed by atoms with Crippen molar-refractivity contribution >= 4 is 27.9 Å². The molecule has 2 aromatic carbocycles. The second kappa shape index (κ2) is 9.23. The number of carbonyl (C=O) groups excluding carboxylic acids is 1. The van der Waals surface area contributed by atoms with Crippen molar-refractivity contribution in [3.8, 4) is 11.3 Å². The number of Topliss-reactive ketones (excluding diaryl/α,β-unsaturated/α-hetero) is 1. The molecule has 0 bridgehead atoms. The molecule has 0 spiro atoms. The number of carbonyl (C=O) groups is 1. The molecule has 0 saturated heterocycles. The van der Waals surface area contributed by atoms with Gasteiger partial charge in [0.15, 0.2) is 11.4 Å². The molecular formula is C25H21N5O3. The lowest BCUT2D eigenvalue weighted by atomic mass is 10.1. The van der Waals surface area contributed by atoms with Gasteiger partial charge in [-0.3, -0.25) is 9.78 Å². The van der Waals surface area contributed by atoms with Gasteiger partial charge in [0.2, 0.25) is 0 Å². The van der Waals surface area contributed by atoms with Crippen molar-refractivity contribution < 1.29 is 14.6 Å². The molecule has 0 fully saturated rings. The molecule has 33 heavy (non-hydrogen) atoms. The Balaban J connectivity index is 1.39. The van der Waals surface area contributed by atoms with E-state index in [1.54, 1.807) is 23.0 Å².